The molecule has 0 aromatic heterocycles. The van der Waals surface area contributed by atoms with Crippen LogP contribution in [0, 0.1) is 24.1 Å². The van der Waals surface area contributed by atoms with Crippen molar-refractivity contribution in [1.82, 2.24) is 4.72 Å². The lowest BCUT2D eigenvalue weighted by atomic mass is 9.98. The molecule has 5 heteroatoms. The summed E-state index contributed by atoms with van der Waals surface area (Å²) in [6.45, 7) is 9.17. The van der Waals surface area contributed by atoms with Crippen molar-refractivity contribution >= 4 is 11.4 Å². The lowest BCUT2D eigenvalue weighted by molar-refractivity contribution is 0.529. The van der Waals surface area contributed by atoms with Crippen molar-refractivity contribution in [3.63, 3.8) is 0 Å². The summed E-state index contributed by atoms with van der Waals surface area (Å²) in [5.41, 5.74) is 1.69. The minimum absolute atomic E-state index is 0.289. The summed E-state index contributed by atoms with van der Waals surface area (Å²) in [6.07, 6.45) is 0. The largest absolute Gasteiger partial charge is 0.598 e. The van der Waals surface area contributed by atoms with E-state index in [2.05, 4.69) is 4.72 Å². The monoisotopic (exact) mass is 282 g/mol. The van der Waals surface area contributed by atoms with Gasteiger partial charge in [-0.15, -0.1) is 4.72 Å². The van der Waals surface area contributed by atoms with E-state index in [9.17, 15) is 8.94 Å². The molecule has 1 N–H and O–H groups in total. The second kappa shape index (κ2) is 5.91. The molecule has 0 radical (unpaired) electrons. The average molecular weight is 282 g/mol. The molecule has 104 valence electrons. The van der Waals surface area contributed by atoms with Gasteiger partial charge in [-0.3, -0.25) is 0 Å². The topological polar surface area (TPSA) is 58.9 Å². The van der Waals surface area contributed by atoms with Crippen LogP contribution in [0.5, 0.6) is 0 Å². The Labute approximate surface area is 117 Å². The molecule has 0 aliphatic heterocycles. The van der Waals surface area contributed by atoms with Crippen LogP contribution in [-0.4, -0.2) is 9.30 Å². The van der Waals surface area contributed by atoms with Gasteiger partial charge in [0, 0.05) is 11.4 Å². The van der Waals surface area contributed by atoms with Crippen LogP contribution in [0.1, 0.15) is 50.4 Å². The van der Waals surface area contributed by atoms with Crippen LogP contribution < -0.4 is 4.72 Å². The second-order valence-corrected chi connectivity index (χ2v) is 7.50. The highest BCUT2D eigenvalue weighted by atomic mass is 32.2. The molecule has 0 fully saturated rings. The Morgan fingerprint density at radius 1 is 1.42 bits per heavy atom. The van der Waals surface area contributed by atoms with Crippen LogP contribution in [-0.2, 0) is 11.4 Å². The first-order chi connectivity index (χ1) is 8.66. The normalized spacial score (nSPS) is 14.8. The first kappa shape index (κ1) is 16.0. The number of nitrogens with zero attached hydrogens (tertiary/aromatic N) is 1. The average Bonchev–Trinajstić information content (AvgIpc) is 2.30. The van der Waals surface area contributed by atoms with Crippen molar-refractivity contribution in [2.75, 3.05) is 0 Å². The fourth-order valence-electron chi connectivity index (χ4n) is 1.67. The molecular formula is C14H19FN2OS. The Kier molecular flexibility index (Phi) is 4.97. The molecule has 19 heavy (non-hydrogen) atoms. The number of nitriles is 1. The molecule has 1 aromatic rings. The van der Waals surface area contributed by atoms with Gasteiger partial charge in [-0.25, -0.2) is 4.39 Å². The fraction of sp³-hybridized carbons (Fsp3) is 0.500. The van der Waals surface area contributed by atoms with E-state index in [-0.39, 0.29) is 6.04 Å². The summed E-state index contributed by atoms with van der Waals surface area (Å²) in [7, 11) is 0. The summed E-state index contributed by atoms with van der Waals surface area (Å²) >= 11 is -1.25. The highest BCUT2D eigenvalue weighted by molar-refractivity contribution is 7.90. The predicted octanol–water partition coefficient (Wildman–Crippen LogP) is 3.12. The molecule has 0 heterocycles. The lowest BCUT2D eigenvalue weighted by Gasteiger charge is -2.27. The predicted molar refractivity (Wildman–Crippen MR) is 75.3 cm³/mol. The van der Waals surface area contributed by atoms with Crippen molar-refractivity contribution in [2.45, 2.75) is 45.4 Å². The molecule has 0 amide bonds. The number of hydrogen-bond donors (Lipinski definition) is 1. The molecule has 0 bridgehead atoms. The zero-order valence-corrected chi connectivity index (χ0v) is 12.7. The molecule has 0 saturated carbocycles. The van der Waals surface area contributed by atoms with Crippen molar-refractivity contribution in [3.05, 3.63) is 34.6 Å². The van der Waals surface area contributed by atoms with Gasteiger partial charge in [0.25, 0.3) is 0 Å². The maximum atomic E-state index is 13.5. The summed E-state index contributed by atoms with van der Waals surface area (Å²) < 4.78 is 28.1. The van der Waals surface area contributed by atoms with Crippen LogP contribution in [0.4, 0.5) is 4.39 Å². The maximum absolute atomic E-state index is 13.5. The molecule has 1 rings (SSSR count). The van der Waals surface area contributed by atoms with E-state index in [4.69, 9.17) is 5.26 Å². The summed E-state index contributed by atoms with van der Waals surface area (Å²) in [5.74, 6) is -0.452. The fourth-order valence-corrected chi connectivity index (χ4v) is 2.47. The Hall–Kier alpha value is -1.09. The number of hydrogen-bond acceptors (Lipinski definition) is 3. The minimum Gasteiger partial charge on any atom is -0.598 e. The van der Waals surface area contributed by atoms with Crippen LogP contribution in [0.25, 0.3) is 0 Å². The zero-order chi connectivity index (χ0) is 14.8. The van der Waals surface area contributed by atoms with Gasteiger partial charge >= 0.3 is 0 Å². The summed E-state index contributed by atoms with van der Waals surface area (Å²) in [6, 6.07) is 4.28. The third kappa shape index (κ3) is 3.93. The van der Waals surface area contributed by atoms with E-state index in [1.165, 1.54) is 12.1 Å². The number of halogens is 1. The summed E-state index contributed by atoms with van der Waals surface area (Å²) in [5, 5.41) is 8.96. The van der Waals surface area contributed by atoms with Crippen molar-refractivity contribution in [1.29, 1.82) is 5.26 Å². The quantitative estimate of drug-likeness (QED) is 0.867. The van der Waals surface area contributed by atoms with E-state index >= 15 is 0 Å². The van der Waals surface area contributed by atoms with Gasteiger partial charge in [-0.05, 0) is 57.9 Å². The van der Waals surface area contributed by atoms with Gasteiger partial charge in [-0.2, -0.15) is 5.26 Å². The third-order valence-corrected chi connectivity index (χ3v) is 4.52. The molecule has 1 unspecified atom stereocenters. The van der Waals surface area contributed by atoms with Crippen molar-refractivity contribution in [3.8, 4) is 6.07 Å². The number of rotatable bonds is 3. The van der Waals surface area contributed by atoms with Crippen LogP contribution in [0.15, 0.2) is 12.1 Å². The van der Waals surface area contributed by atoms with Crippen LogP contribution in [0.3, 0.4) is 0 Å². The molecule has 1 aromatic carbocycles. The van der Waals surface area contributed by atoms with Gasteiger partial charge in [0.1, 0.15) is 10.6 Å². The Morgan fingerprint density at radius 3 is 2.47 bits per heavy atom. The van der Waals surface area contributed by atoms with E-state index in [0.29, 0.717) is 11.1 Å². The zero-order valence-electron chi connectivity index (χ0n) is 11.9. The molecule has 0 saturated heterocycles. The highest BCUT2D eigenvalue weighted by Crippen LogP contribution is 2.24. The van der Waals surface area contributed by atoms with Crippen molar-refractivity contribution < 1.29 is 8.94 Å². The standard InChI is InChI=1S/C14H19FN2OS/c1-9-11(8-16)6-12(15)7-13(9)10(2)17-19(18)14(3,4)5/h6-7,10,17H,1-5H3/t10?,19-/m1/s1. The van der Waals surface area contributed by atoms with Crippen LogP contribution in [0.2, 0.25) is 0 Å². The molecular weight excluding hydrogens is 263 g/mol. The van der Waals surface area contributed by atoms with E-state index in [1.54, 1.807) is 6.92 Å². The highest BCUT2D eigenvalue weighted by Gasteiger charge is 2.29. The van der Waals surface area contributed by atoms with Gasteiger partial charge in [0.05, 0.1) is 17.7 Å². The van der Waals surface area contributed by atoms with E-state index < -0.39 is 21.9 Å². The van der Waals surface area contributed by atoms with E-state index in [0.717, 1.165) is 5.56 Å². The van der Waals surface area contributed by atoms with Gasteiger partial charge in [0.2, 0.25) is 0 Å². The first-order valence-corrected chi connectivity index (χ1v) is 7.20. The van der Waals surface area contributed by atoms with Gasteiger partial charge in [-0.1, -0.05) is 0 Å². The first-order valence-electron chi connectivity index (χ1n) is 6.05. The van der Waals surface area contributed by atoms with Crippen molar-refractivity contribution in [2.24, 2.45) is 0 Å². The van der Waals surface area contributed by atoms with E-state index in [1.807, 2.05) is 33.8 Å². The Morgan fingerprint density at radius 2 is 2.00 bits per heavy atom. The number of nitrogens with one attached hydrogen (secondary N) is 1. The Balaban J connectivity index is 3.04. The lowest BCUT2D eigenvalue weighted by Crippen LogP contribution is -2.40. The molecule has 3 nitrogen and oxygen atoms in total. The molecule has 0 spiro atoms. The molecule has 0 aliphatic rings. The molecule has 0 aliphatic carbocycles. The summed E-state index contributed by atoms with van der Waals surface area (Å²) in [4.78, 5) is 0. The Bertz CT molecular complexity index is 505. The van der Waals surface area contributed by atoms with Crippen LogP contribution >= 0.6 is 0 Å². The van der Waals surface area contributed by atoms with Gasteiger partial charge in [0.15, 0.2) is 0 Å². The smallest absolute Gasteiger partial charge is 0.136 e. The number of benzene rings is 1. The molecule has 2 atom stereocenters. The maximum Gasteiger partial charge on any atom is 0.136 e. The van der Waals surface area contributed by atoms with Gasteiger partial charge < -0.3 is 4.55 Å². The SMILES string of the molecule is Cc1c(C#N)cc(F)cc1C(C)N[S@+]([O-])C(C)(C)C. The minimum atomic E-state index is -1.25. The third-order valence-electron chi connectivity index (χ3n) is 2.84. The second-order valence-electron chi connectivity index (χ2n) is 5.50.